The molecule has 220 valence electrons. The van der Waals surface area contributed by atoms with Crippen LogP contribution in [-0.4, -0.2) is 27.9 Å². The van der Waals surface area contributed by atoms with Crippen molar-refractivity contribution >= 4 is 22.8 Å². The predicted octanol–water partition coefficient (Wildman–Crippen LogP) is 8.06. The Hall–Kier alpha value is -5.05. The fraction of sp³-hybridized carbons (Fsp3) is 0.176. The van der Waals surface area contributed by atoms with Crippen molar-refractivity contribution in [1.29, 1.82) is 0 Å². The van der Waals surface area contributed by atoms with Crippen LogP contribution in [0, 0.1) is 13.8 Å². The summed E-state index contributed by atoms with van der Waals surface area (Å²) in [7, 11) is 0. The maximum Gasteiger partial charge on any atom is 0.573 e. The van der Waals surface area contributed by atoms with Crippen molar-refractivity contribution in [2.45, 2.75) is 39.7 Å². The van der Waals surface area contributed by atoms with Crippen molar-refractivity contribution in [1.82, 2.24) is 9.88 Å². The Balaban J connectivity index is 1.37. The number of aryl methyl sites for hydroxylation is 1. The number of carbonyl (C=O) groups excluding carboxylic acids is 1. The molecule has 1 aromatic heterocycles. The number of aromatic nitrogens is 1. The van der Waals surface area contributed by atoms with Gasteiger partial charge in [-0.1, -0.05) is 60.7 Å². The van der Waals surface area contributed by atoms with Crippen molar-refractivity contribution < 1.29 is 32.6 Å². The van der Waals surface area contributed by atoms with Crippen LogP contribution < -0.4 is 10.1 Å². The third-order valence-corrected chi connectivity index (χ3v) is 7.62. The molecule has 0 saturated carbocycles. The maximum atomic E-state index is 13.2. The zero-order valence-corrected chi connectivity index (χ0v) is 23.7. The van der Waals surface area contributed by atoms with Crippen LogP contribution >= 0.6 is 0 Å². The molecule has 0 aliphatic carbocycles. The van der Waals surface area contributed by atoms with Crippen molar-refractivity contribution in [3.05, 3.63) is 125 Å². The zero-order chi connectivity index (χ0) is 30.9. The van der Waals surface area contributed by atoms with Crippen LogP contribution in [0.4, 0.5) is 13.2 Å². The first-order valence-electron chi connectivity index (χ1n) is 13.6. The van der Waals surface area contributed by atoms with Crippen LogP contribution in [0.1, 0.15) is 56.1 Å². The summed E-state index contributed by atoms with van der Waals surface area (Å²) in [6.07, 6.45) is -4.85. The molecule has 43 heavy (non-hydrogen) atoms. The standard InChI is InChI=1S/C34H29F3N2O4/c1-20-22(3)39(19-23-12-14-24(15-13-23)27-9-4-5-10-28(27)33(41)42)30-17-16-25(18-29(20)30)32(40)38-21(2)26-8-6-7-11-31(26)43-34(35,36)37/h4-18,21H,19H2,1-3H3,(H,38,40)(H,41,42)/t21-/m0/s1. The molecule has 0 bridgehead atoms. The second kappa shape index (κ2) is 11.7. The zero-order valence-electron chi connectivity index (χ0n) is 23.7. The molecule has 0 aliphatic heterocycles. The summed E-state index contributed by atoms with van der Waals surface area (Å²) in [5.74, 6) is -1.76. The number of halogens is 3. The van der Waals surface area contributed by atoms with E-state index in [0.717, 1.165) is 33.3 Å². The average Bonchev–Trinajstić information content (AvgIpc) is 3.21. The van der Waals surface area contributed by atoms with E-state index in [1.165, 1.54) is 18.2 Å². The van der Waals surface area contributed by atoms with E-state index >= 15 is 0 Å². The van der Waals surface area contributed by atoms with Crippen LogP contribution in [0.15, 0.2) is 91.0 Å². The maximum absolute atomic E-state index is 13.2. The Morgan fingerprint density at radius 1 is 0.930 bits per heavy atom. The Bertz CT molecular complexity index is 1820. The van der Waals surface area contributed by atoms with E-state index in [1.807, 2.05) is 50.2 Å². The highest BCUT2D eigenvalue weighted by Crippen LogP contribution is 2.32. The number of nitrogens with zero attached hydrogens (tertiary/aromatic N) is 1. The van der Waals surface area contributed by atoms with Crippen molar-refractivity contribution in [3.63, 3.8) is 0 Å². The molecule has 0 spiro atoms. The van der Waals surface area contributed by atoms with Crippen molar-refractivity contribution in [2.24, 2.45) is 0 Å². The van der Waals surface area contributed by atoms with Gasteiger partial charge in [0, 0.05) is 34.3 Å². The van der Waals surface area contributed by atoms with Gasteiger partial charge in [-0.2, -0.15) is 0 Å². The smallest absolute Gasteiger partial charge is 0.478 e. The molecule has 0 radical (unpaired) electrons. The lowest BCUT2D eigenvalue weighted by Gasteiger charge is -2.19. The highest BCUT2D eigenvalue weighted by molar-refractivity contribution is 5.99. The fourth-order valence-electron chi connectivity index (χ4n) is 5.30. The monoisotopic (exact) mass is 586 g/mol. The number of hydrogen-bond donors (Lipinski definition) is 2. The number of para-hydroxylation sites is 1. The average molecular weight is 587 g/mol. The largest absolute Gasteiger partial charge is 0.573 e. The molecule has 0 saturated heterocycles. The third kappa shape index (κ3) is 6.25. The lowest BCUT2D eigenvalue weighted by atomic mass is 9.99. The molecule has 1 atom stereocenters. The second-order valence-corrected chi connectivity index (χ2v) is 10.4. The van der Waals surface area contributed by atoms with Crippen LogP contribution in [0.3, 0.4) is 0 Å². The van der Waals surface area contributed by atoms with E-state index in [2.05, 4.69) is 14.6 Å². The quantitative estimate of drug-likeness (QED) is 0.193. The second-order valence-electron chi connectivity index (χ2n) is 10.4. The summed E-state index contributed by atoms with van der Waals surface area (Å²) in [6.45, 7) is 6.16. The van der Waals surface area contributed by atoms with E-state index in [4.69, 9.17) is 0 Å². The lowest BCUT2D eigenvalue weighted by molar-refractivity contribution is -0.275. The van der Waals surface area contributed by atoms with Crippen LogP contribution in [0.2, 0.25) is 0 Å². The predicted molar refractivity (Wildman–Crippen MR) is 158 cm³/mol. The number of amides is 1. The van der Waals surface area contributed by atoms with Crippen LogP contribution in [0.5, 0.6) is 5.75 Å². The van der Waals surface area contributed by atoms with Gasteiger partial charge in [-0.25, -0.2) is 4.79 Å². The number of carboxylic acids is 1. The van der Waals surface area contributed by atoms with Gasteiger partial charge in [0.15, 0.2) is 0 Å². The number of carbonyl (C=O) groups is 2. The lowest BCUT2D eigenvalue weighted by Crippen LogP contribution is -2.27. The number of hydrogen-bond acceptors (Lipinski definition) is 3. The first-order valence-corrected chi connectivity index (χ1v) is 13.6. The molecule has 5 aromatic rings. The normalized spacial score (nSPS) is 12.2. The summed E-state index contributed by atoms with van der Waals surface area (Å²) in [5.41, 5.74) is 6.29. The van der Waals surface area contributed by atoms with Crippen molar-refractivity contribution in [3.8, 4) is 16.9 Å². The van der Waals surface area contributed by atoms with Crippen LogP contribution in [-0.2, 0) is 6.54 Å². The number of ether oxygens (including phenoxy) is 1. The van der Waals surface area contributed by atoms with E-state index in [1.54, 1.807) is 43.3 Å². The molecule has 5 rings (SSSR count). The Morgan fingerprint density at radius 3 is 2.30 bits per heavy atom. The van der Waals surface area contributed by atoms with E-state index in [0.29, 0.717) is 17.7 Å². The molecule has 1 heterocycles. The van der Waals surface area contributed by atoms with E-state index in [-0.39, 0.29) is 16.9 Å². The first kappa shape index (κ1) is 29.4. The Kier molecular flexibility index (Phi) is 8.00. The molecular formula is C34H29F3N2O4. The van der Waals surface area contributed by atoms with Gasteiger partial charge in [0.05, 0.1) is 11.6 Å². The summed E-state index contributed by atoms with van der Waals surface area (Å²) in [4.78, 5) is 24.8. The van der Waals surface area contributed by atoms with Gasteiger partial charge < -0.3 is 19.7 Å². The third-order valence-electron chi connectivity index (χ3n) is 7.62. The first-order chi connectivity index (χ1) is 20.4. The highest BCUT2D eigenvalue weighted by Gasteiger charge is 2.32. The number of carboxylic acid groups (broad SMARTS) is 1. The molecule has 2 N–H and O–H groups in total. The minimum Gasteiger partial charge on any atom is -0.478 e. The molecule has 6 nitrogen and oxygen atoms in total. The fourth-order valence-corrected chi connectivity index (χ4v) is 5.30. The Labute approximate surface area is 246 Å². The minimum absolute atomic E-state index is 0.213. The van der Waals surface area contributed by atoms with Gasteiger partial charge >= 0.3 is 12.3 Å². The van der Waals surface area contributed by atoms with Gasteiger partial charge in [0.25, 0.3) is 5.91 Å². The van der Waals surface area contributed by atoms with Gasteiger partial charge in [0.1, 0.15) is 5.75 Å². The summed E-state index contributed by atoms with van der Waals surface area (Å²) >= 11 is 0. The van der Waals surface area contributed by atoms with Gasteiger partial charge in [-0.15, -0.1) is 13.2 Å². The van der Waals surface area contributed by atoms with Gasteiger partial charge in [-0.05, 0) is 73.4 Å². The molecule has 0 aliphatic rings. The Morgan fingerprint density at radius 2 is 1.60 bits per heavy atom. The number of nitrogens with one attached hydrogen (secondary N) is 1. The van der Waals surface area contributed by atoms with E-state index < -0.39 is 24.3 Å². The van der Waals surface area contributed by atoms with Crippen LogP contribution in [0.25, 0.3) is 22.0 Å². The molecule has 1 amide bonds. The van der Waals surface area contributed by atoms with Gasteiger partial charge in [-0.3, -0.25) is 4.79 Å². The van der Waals surface area contributed by atoms with E-state index in [9.17, 15) is 27.9 Å². The molecule has 0 fully saturated rings. The highest BCUT2D eigenvalue weighted by atomic mass is 19.4. The summed E-state index contributed by atoms with van der Waals surface area (Å²) in [6, 6.07) is 25.0. The summed E-state index contributed by atoms with van der Waals surface area (Å²) in [5, 5.41) is 13.2. The number of fused-ring (bicyclic) bond motifs is 1. The number of aromatic carboxylic acids is 1. The number of benzene rings is 4. The van der Waals surface area contributed by atoms with Crippen molar-refractivity contribution in [2.75, 3.05) is 0 Å². The summed E-state index contributed by atoms with van der Waals surface area (Å²) < 4.78 is 44.9. The van der Waals surface area contributed by atoms with Gasteiger partial charge in [0.2, 0.25) is 0 Å². The number of alkyl halides is 3. The number of rotatable bonds is 8. The molecule has 0 unspecified atom stereocenters. The molecular weight excluding hydrogens is 557 g/mol. The minimum atomic E-state index is -4.85. The molecule has 9 heteroatoms. The molecule has 4 aromatic carbocycles. The topological polar surface area (TPSA) is 80.6 Å². The SMILES string of the molecule is Cc1c(C)n(Cc2ccc(-c3ccccc3C(=O)O)cc2)c2ccc(C(=O)N[C@@H](C)c3ccccc3OC(F)(F)F)cc12.